The van der Waals surface area contributed by atoms with Gasteiger partial charge in [-0.25, -0.2) is 0 Å². The predicted octanol–water partition coefficient (Wildman–Crippen LogP) is 2.22. The number of carbonyl (C=O) groups is 3. The number of carboxylic acid groups (broad SMARTS) is 1. The fraction of sp³-hybridized carbons (Fsp3) is 0.421. The van der Waals surface area contributed by atoms with E-state index in [1.54, 1.807) is 17.0 Å². The molecule has 1 aromatic rings. The number of fused-ring (bicyclic) bond motifs is 1. The molecule has 0 saturated carbocycles. The minimum atomic E-state index is -0.805. The smallest absolute Gasteiger partial charge is 0.303 e. The first-order valence-corrected chi connectivity index (χ1v) is 8.57. The molecule has 25 heavy (non-hydrogen) atoms. The molecule has 132 valence electrons. The van der Waals surface area contributed by atoms with Gasteiger partial charge in [-0.3, -0.25) is 19.3 Å². The van der Waals surface area contributed by atoms with Crippen LogP contribution in [0.2, 0.25) is 0 Å². The number of nitrogens with zero attached hydrogens (tertiary/aromatic N) is 2. The highest BCUT2D eigenvalue weighted by atomic mass is 16.4. The van der Waals surface area contributed by atoms with E-state index < -0.39 is 5.97 Å². The first-order valence-electron chi connectivity index (χ1n) is 8.57. The van der Waals surface area contributed by atoms with E-state index in [1.807, 2.05) is 12.1 Å². The first-order chi connectivity index (χ1) is 12.0. The molecule has 0 bridgehead atoms. The monoisotopic (exact) mass is 342 g/mol. The van der Waals surface area contributed by atoms with Gasteiger partial charge in [0.05, 0.1) is 0 Å². The average molecular weight is 342 g/mol. The van der Waals surface area contributed by atoms with Gasteiger partial charge >= 0.3 is 5.97 Å². The maximum absolute atomic E-state index is 12.7. The molecular formula is C19H22N2O4. The highest BCUT2D eigenvalue weighted by Gasteiger charge is 2.33. The standard InChI is InChI=1S/C19H22N2O4/c1-13-15-6-2-3-7-16(15)19(25)21(13)12-17(22)20-10-4-5-14(11-20)8-9-18(23)24/h2-3,6-7,14H,1,4-5,8-12H2,(H,23,24). The second-order valence-electron chi connectivity index (χ2n) is 6.66. The summed E-state index contributed by atoms with van der Waals surface area (Å²) in [5.74, 6) is -0.889. The largest absolute Gasteiger partial charge is 0.481 e. The number of carboxylic acids is 1. The Hall–Kier alpha value is -2.63. The maximum atomic E-state index is 12.7. The van der Waals surface area contributed by atoms with Crippen LogP contribution in [0.25, 0.3) is 5.70 Å². The van der Waals surface area contributed by atoms with E-state index in [-0.39, 0.29) is 30.7 Å². The minimum Gasteiger partial charge on any atom is -0.481 e. The Labute approximate surface area is 146 Å². The van der Waals surface area contributed by atoms with E-state index in [2.05, 4.69) is 6.58 Å². The summed E-state index contributed by atoms with van der Waals surface area (Å²) in [6.45, 7) is 5.16. The van der Waals surface area contributed by atoms with E-state index in [4.69, 9.17) is 5.11 Å². The van der Waals surface area contributed by atoms with Crippen LogP contribution in [0.1, 0.15) is 41.6 Å². The Morgan fingerprint density at radius 2 is 1.96 bits per heavy atom. The third kappa shape index (κ3) is 3.57. The van der Waals surface area contributed by atoms with Crippen molar-refractivity contribution in [2.45, 2.75) is 25.7 Å². The van der Waals surface area contributed by atoms with Crippen molar-refractivity contribution in [2.24, 2.45) is 5.92 Å². The highest BCUT2D eigenvalue weighted by molar-refractivity contribution is 6.10. The fourth-order valence-corrected chi connectivity index (χ4v) is 3.59. The molecule has 3 rings (SSSR count). The van der Waals surface area contributed by atoms with Crippen molar-refractivity contribution >= 4 is 23.5 Å². The second kappa shape index (κ2) is 7.09. The van der Waals surface area contributed by atoms with Gasteiger partial charge in [0.25, 0.3) is 5.91 Å². The molecule has 1 atom stereocenters. The van der Waals surface area contributed by atoms with Gasteiger partial charge < -0.3 is 10.0 Å². The molecule has 2 aliphatic heterocycles. The van der Waals surface area contributed by atoms with Crippen molar-refractivity contribution in [3.05, 3.63) is 42.0 Å². The molecular weight excluding hydrogens is 320 g/mol. The van der Waals surface area contributed by atoms with Crippen LogP contribution >= 0.6 is 0 Å². The molecule has 1 N–H and O–H groups in total. The summed E-state index contributed by atoms with van der Waals surface area (Å²) in [7, 11) is 0. The third-order valence-corrected chi connectivity index (χ3v) is 4.97. The number of hydrogen-bond acceptors (Lipinski definition) is 3. The van der Waals surface area contributed by atoms with Gasteiger partial charge in [0.1, 0.15) is 6.54 Å². The maximum Gasteiger partial charge on any atom is 0.303 e. The number of aliphatic carboxylic acids is 1. The van der Waals surface area contributed by atoms with Crippen LogP contribution in [0.4, 0.5) is 0 Å². The predicted molar refractivity (Wildman–Crippen MR) is 92.7 cm³/mol. The Bertz CT molecular complexity index is 693. The van der Waals surface area contributed by atoms with Gasteiger partial charge in [-0.05, 0) is 31.2 Å². The topological polar surface area (TPSA) is 77.9 Å². The lowest BCUT2D eigenvalue weighted by Crippen LogP contribution is -2.45. The molecule has 6 nitrogen and oxygen atoms in total. The van der Waals surface area contributed by atoms with Gasteiger partial charge in [-0.15, -0.1) is 0 Å². The Morgan fingerprint density at radius 1 is 1.24 bits per heavy atom. The number of benzene rings is 1. The zero-order chi connectivity index (χ0) is 18.0. The van der Waals surface area contributed by atoms with Crippen molar-refractivity contribution < 1.29 is 19.5 Å². The minimum absolute atomic E-state index is 0.0159. The molecule has 1 fully saturated rings. The molecule has 1 aromatic carbocycles. The summed E-state index contributed by atoms with van der Waals surface area (Å²) in [6.07, 6.45) is 2.52. The summed E-state index contributed by atoms with van der Waals surface area (Å²) >= 11 is 0. The van der Waals surface area contributed by atoms with Gasteiger partial charge in [-0.1, -0.05) is 24.8 Å². The van der Waals surface area contributed by atoms with Crippen molar-refractivity contribution in [1.82, 2.24) is 9.80 Å². The molecule has 6 heteroatoms. The van der Waals surface area contributed by atoms with Crippen LogP contribution in [0.15, 0.2) is 30.8 Å². The van der Waals surface area contributed by atoms with E-state index >= 15 is 0 Å². The van der Waals surface area contributed by atoms with Crippen LogP contribution in [0.5, 0.6) is 0 Å². The number of hydrogen-bond donors (Lipinski definition) is 1. The van der Waals surface area contributed by atoms with Gasteiger partial charge in [0.2, 0.25) is 5.91 Å². The Kier molecular flexibility index (Phi) is 4.88. The highest BCUT2D eigenvalue weighted by Crippen LogP contribution is 2.31. The number of rotatable bonds is 5. The lowest BCUT2D eigenvalue weighted by molar-refractivity contribution is -0.137. The van der Waals surface area contributed by atoms with Crippen LogP contribution in [-0.2, 0) is 9.59 Å². The molecule has 2 amide bonds. The van der Waals surface area contributed by atoms with Gasteiger partial charge in [0, 0.05) is 36.3 Å². The number of likely N-dealkylation sites (tertiary alicyclic amines) is 1. The first kappa shape index (κ1) is 17.2. The normalized spacial score (nSPS) is 19.9. The second-order valence-corrected chi connectivity index (χ2v) is 6.66. The van der Waals surface area contributed by atoms with Crippen molar-refractivity contribution in [2.75, 3.05) is 19.6 Å². The molecule has 1 unspecified atom stereocenters. The van der Waals surface area contributed by atoms with E-state index in [1.165, 1.54) is 4.90 Å². The third-order valence-electron chi connectivity index (χ3n) is 4.97. The summed E-state index contributed by atoms with van der Waals surface area (Å²) in [5.41, 5.74) is 1.92. The molecule has 1 saturated heterocycles. The van der Waals surface area contributed by atoms with Crippen LogP contribution in [0.3, 0.4) is 0 Å². The average Bonchev–Trinajstić information content (AvgIpc) is 2.85. The van der Waals surface area contributed by atoms with Crippen molar-refractivity contribution in [3.63, 3.8) is 0 Å². The SMILES string of the molecule is C=C1c2ccccc2C(=O)N1CC(=O)N1CCCC(CCC(=O)O)C1. The van der Waals surface area contributed by atoms with E-state index in [9.17, 15) is 14.4 Å². The molecule has 0 aromatic heterocycles. The summed E-state index contributed by atoms with van der Waals surface area (Å²) < 4.78 is 0. The number of carbonyl (C=O) groups excluding carboxylic acids is 2. The van der Waals surface area contributed by atoms with E-state index in [0.29, 0.717) is 30.8 Å². The lowest BCUT2D eigenvalue weighted by atomic mass is 9.93. The molecule has 0 spiro atoms. The fourth-order valence-electron chi connectivity index (χ4n) is 3.59. The Morgan fingerprint density at radius 3 is 2.64 bits per heavy atom. The van der Waals surface area contributed by atoms with Crippen LogP contribution in [0, 0.1) is 5.92 Å². The molecule has 0 aliphatic carbocycles. The van der Waals surface area contributed by atoms with E-state index in [0.717, 1.165) is 18.4 Å². The van der Waals surface area contributed by atoms with Gasteiger partial charge in [0.15, 0.2) is 0 Å². The van der Waals surface area contributed by atoms with Crippen molar-refractivity contribution in [1.29, 1.82) is 0 Å². The lowest BCUT2D eigenvalue weighted by Gasteiger charge is -2.33. The zero-order valence-electron chi connectivity index (χ0n) is 14.1. The van der Waals surface area contributed by atoms with Crippen LogP contribution < -0.4 is 0 Å². The zero-order valence-corrected chi connectivity index (χ0v) is 14.1. The number of amides is 2. The quantitative estimate of drug-likeness (QED) is 0.890. The summed E-state index contributed by atoms with van der Waals surface area (Å²) in [4.78, 5) is 39.1. The number of piperidine rings is 1. The summed E-state index contributed by atoms with van der Waals surface area (Å²) in [5, 5.41) is 8.82. The molecule has 0 radical (unpaired) electrons. The molecule has 2 heterocycles. The van der Waals surface area contributed by atoms with Crippen LogP contribution in [-0.4, -0.2) is 52.3 Å². The Balaban J connectivity index is 1.62. The molecule has 2 aliphatic rings. The van der Waals surface area contributed by atoms with Gasteiger partial charge in [-0.2, -0.15) is 0 Å². The van der Waals surface area contributed by atoms with Crippen molar-refractivity contribution in [3.8, 4) is 0 Å². The summed E-state index contributed by atoms with van der Waals surface area (Å²) in [6, 6.07) is 7.23.